The Morgan fingerprint density at radius 1 is 0.606 bits per heavy atom. The molecule has 33 heavy (non-hydrogen) atoms. The molecule has 0 saturated heterocycles. The van der Waals surface area contributed by atoms with Gasteiger partial charge in [-0.3, -0.25) is 0 Å². The minimum atomic E-state index is -4.06. The van der Waals surface area contributed by atoms with Gasteiger partial charge in [0.1, 0.15) is 0 Å². The monoisotopic (exact) mass is 482 g/mol. The fourth-order valence-electron chi connectivity index (χ4n) is 5.45. The van der Waals surface area contributed by atoms with Crippen molar-refractivity contribution in [1.82, 2.24) is 9.97 Å². The summed E-state index contributed by atoms with van der Waals surface area (Å²) in [6.07, 6.45) is 13.2. The van der Waals surface area contributed by atoms with Gasteiger partial charge in [0, 0.05) is 0 Å². The average Bonchev–Trinajstić information content (AvgIpc) is 3.55. The molecule has 0 spiro atoms. The van der Waals surface area contributed by atoms with Gasteiger partial charge in [-0.15, -0.1) is 0 Å². The number of benzene rings is 2. The maximum atomic E-state index is 15.0. The number of halogens is 4. The summed E-state index contributed by atoms with van der Waals surface area (Å²) in [5, 5.41) is 1.14. The van der Waals surface area contributed by atoms with Crippen molar-refractivity contribution in [3.63, 3.8) is 0 Å². The molecule has 164 valence electrons. The van der Waals surface area contributed by atoms with E-state index in [1.54, 1.807) is 0 Å². The van der Waals surface area contributed by atoms with Crippen molar-refractivity contribution in [3.8, 4) is 0 Å². The van der Waals surface area contributed by atoms with Gasteiger partial charge in [-0.2, -0.15) is 0 Å². The molecule has 2 aromatic carbocycles. The van der Waals surface area contributed by atoms with Crippen LogP contribution in [0.1, 0.15) is 12.8 Å². The van der Waals surface area contributed by atoms with Crippen LogP contribution < -0.4 is 7.74 Å². The Balaban J connectivity index is 1.83. The van der Waals surface area contributed by atoms with E-state index in [4.69, 9.17) is 0 Å². The van der Waals surface area contributed by atoms with E-state index >= 15 is 8.78 Å². The van der Waals surface area contributed by atoms with Crippen molar-refractivity contribution in [1.29, 1.82) is 0 Å². The van der Waals surface area contributed by atoms with Crippen molar-refractivity contribution >= 4 is 29.5 Å². The topological polar surface area (TPSA) is 31.6 Å². The van der Waals surface area contributed by atoms with Crippen LogP contribution in [0, 0.1) is 23.5 Å². The molecular weight excluding hydrogens is 464 g/mol. The summed E-state index contributed by atoms with van der Waals surface area (Å²) in [6.45, 7) is 0. The van der Waals surface area contributed by atoms with Crippen molar-refractivity contribution in [3.05, 3.63) is 104 Å². The number of hydrogen-bond donors (Lipinski definition) is 2. The second kappa shape index (κ2) is 7.47. The van der Waals surface area contributed by atoms with Gasteiger partial charge >= 0.3 is 191 Å². The second-order valence-electron chi connectivity index (χ2n) is 8.46. The van der Waals surface area contributed by atoms with Gasteiger partial charge in [-0.05, 0) is 0 Å². The van der Waals surface area contributed by atoms with E-state index in [9.17, 15) is 8.78 Å². The molecule has 2 aromatic heterocycles. The molecule has 0 bridgehead atoms. The van der Waals surface area contributed by atoms with Crippen LogP contribution >= 0.6 is 0 Å². The zero-order valence-electron chi connectivity index (χ0n) is 17.4. The SMILES string of the molecule is Fc1c[c]([Ti]([C]2=CC=CC2)([C]2=CC=CC2)[c]2cc(F)cc3[nH]c(F)cc23)c2cc(F)[nH]c2c1. The van der Waals surface area contributed by atoms with E-state index < -0.39 is 40.1 Å². The molecule has 0 saturated carbocycles. The van der Waals surface area contributed by atoms with E-state index in [0.29, 0.717) is 42.4 Å². The first-order valence-electron chi connectivity index (χ1n) is 10.7. The van der Waals surface area contributed by atoms with E-state index in [2.05, 4.69) is 9.97 Å². The molecule has 0 fully saturated rings. The van der Waals surface area contributed by atoms with Crippen LogP contribution in [0.5, 0.6) is 0 Å². The summed E-state index contributed by atoms with van der Waals surface area (Å²) < 4.78 is 62.2. The maximum absolute atomic E-state index is 15.0. The first-order chi connectivity index (χ1) is 16.0. The third-order valence-electron chi connectivity index (χ3n) is 6.65. The summed E-state index contributed by atoms with van der Waals surface area (Å²) in [5.74, 6) is -2.13. The number of aromatic amines is 2. The van der Waals surface area contributed by atoms with Crippen LogP contribution in [0.25, 0.3) is 21.8 Å². The molecule has 0 radical (unpaired) electrons. The second-order valence-corrected chi connectivity index (χ2v) is 14.5. The Morgan fingerprint density at radius 2 is 1.06 bits per heavy atom. The van der Waals surface area contributed by atoms with Gasteiger partial charge in [-0.1, -0.05) is 0 Å². The molecular formula is C26H18F4N2Ti. The molecule has 2 N–H and O–H groups in total. The molecule has 6 rings (SSSR count). The van der Waals surface area contributed by atoms with E-state index in [-0.39, 0.29) is 0 Å². The molecule has 2 aliphatic rings. The summed E-state index contributed by atoms with van der Waals surface area (Å²) in [7, 11) is 0. The van der Waals surface area contributed by atoms with Crippen LogP contribution in [0.3, 0.4) is 0 Å². The third kappa shape index (κ3) is 3.05. The number of rotatable bonds is 4. The van der Waals surface area contributed by atoms with Gasteiger partial charge < -0.3 is 0 Å². The summed E-state index contributed by atoms with van der Waals surface area (Å²) >= 11 is -4.06. The van der Waals surface area contributed by atoms with Crippen molar-refractivity contribution in [2.45, 2.75) is 12.8 Å². The summed E-state index contributed by atoms with van der Waals surface area (Å²) in [4.78, 5) is 5.22. The van der Waals surface area contributed by atoms with E-state index in [0.717, 1.165) is 7.76 Å². The number of allylic oxidation sites excluding steroid dienone is 8. The molecule has 0 atom stereocenters. The predicted molar refractivity (Wildman–Crippen MR) is 119 cm³/mol. The normalized spacial score (nSPS) is 15.8. The molecule has 0 unspecified atom stereocenters. The molecule has 2 nitrogen and oxygen atoms in total. The number of H-pyrrole nitrogens is 2. The van der Waals surface area contributed by atoms with Gasteiger partial charge in [0.15, 0.2) is 0 Å². The minimum absolute atomic E-state index is 0.350. The van der Waals surface area contributed by atoms with Crippen molar-refractivity contribution in [2.24, 2.45) is 0 Å². The van der Waals surface area contributed by atoms with Gasteiger partial charge in [0.25, 0.3) is 0 Å². The Kier molecular flexibility index (Phi) is 4.64. The van der Waals surface area contributed by atoms with Crippen LogP contribution in [0.4, 0.5) is 17.6 Å². The number of hydrogen-bond acceptors (Lipinski definition) is 0. The first kappa shape index (κ1) is 20.5. The molecule has 0 amide bonds. The third-order valence-corrected chi connectivity index (χ3v) is 14.6. The van der Waals surface area contributed by atoms with Crippen LogP contribution in [0.15, 0.2) is 80.6 Å². The molecule has 7 heteroatoms. The Morgan fingerprint density at radius 3 is 1.45 bits per heavy atom. The fraction of sp³-hybridized carbons (Fsp3) is 0.0769. The van der Waals surface area contributed by atoms with Gasteiger partial charge in [0.2, 0.25) is 0 Å². The van der Waals surface area contributed by atoms with Crippen LogP contribution in [-0.2, 0) is 16.6 Å². The number of aromatic nitrogens is 2. The fourth-order valence-corrected chi connectivity index (χ4v) is 14.1. The Bertz CT molecular complexity index is 1450. The van der Waals surface area contributed by atoms with E-state index in [1.807, 2.05) is 36.5 Å². The van der Waals surface area contributed by atoms with Gasteiger partial charge in [0.05, 0.1) is 0 Å². The average molecular weight is 482 g/mol. The predicted octanol–water partition coefficient (Wildman–Crippen LogP) is 6.00. The first-order valence-corrected chi connectivity index (χ1v) is 13.8. The van der Waals surface area contributed by atoms with Gasteiger partial charge in [-0.25, -0.2) is 0 Å². The van der Waals surface area contributed by atoms with Crippen molar-refractivity contribution in [2.75, 3.05) is 0 Å². The zero-order chi connectivity index (χ0) is 22.7. The number of nitrogens with one attached hydrogen (secondary N) is 2. The van der Waals surface area contributed by atoms with Crippen molar-refractivity contribution < 1.29 is 34.2 Å². The van der Waals surface area contributed by atoms with Crippen LogP contribution in [-0.4, -0.2) is 9.97 Å². The van der Waals surface area contributed by atoms with E-state index in [1.165, 1.54) is 36.4 Å². The number of fused-ring (bicyclic) bond motifs is 2. The zero-order valence-corrected chi connectivity index (χ0v) is 18.9. The summed E-state index contributed by atoms with van der Waals surface area (Å²) in [5.41, 5.74) is 0.701. The molecule has 4 aromatic rings. The Labute approximate surface area is 190 Å². The molecule has 2 aliphatic carbocycles. The quantitative estimate of drug-likeness (QED) is 0.264. The standard InChI is InChI=1S/2C8H4F2N.2C5H5.Ti/c2*9-6-2-1-5-3-8(10)11-7(5)4-6;2*1-2-4-5-3-1;/h2*2-4,11H;2*1-3H,4H2;. The molecule has 2 heterocycles. The molecule has 0 aliphatic heterocycles. The summed E-state index contributed by atoms with van der Waals surface area (Å²) in [6, 6.07) is 8.24. The van der Waals surface area contributed by atoms with Crippen LogP contribution in [0.2, 0.25) is 0 Å². The Hall–Kier alpha value is -3.09.